The van der Waals surface area contributed by atoms with Gasteiger partial charge in [-0.3, -0.25) is 4.79 Å². The number of aliphatic carboxylic acids is 1. The van der Waals surface area contributed by atoms with Crippen LogP contribution in [0.15, 0.2) is 18.2 Å². The second kappa shape index (κ2) is 5.67. The summed E-state index contributed by atoms with van der Waals surface area (Å²) in [7, 11) is -3.70. The molecule has 0 radical (unpaired) electrons. The van der Waals surface area contributed by atoms with Gasteiger partial charge in [-0.1, -0.05) is 18.5 Å². The van der Waals surface area contributed by atoms with Crippen molar-refractivity contribution in [3.63, 3.8) is 0 Å². The van der Waals surface area contributed by atoms with Gasteiger partial charge in [0.05, 0.1) is 17.4 Å². The van der Waals surface area contributed by atoms with Gasteiger partial charge < -0.3 is 5.11 Å². The number of rotatable bonds is 5. The van der Waals surface area contributed by atoms with Gasteiger partial charge in [0.25, 0.3) is 0 Å². The lowest BCUT2D eigenvalue weighted by Crippen LogP contribution is -2.22. The molecule has 18 heavy (non-hydrogen) atoms. The Bertz CT molecular complexity index is 556. The predicted molar refractivity (Wildman–Crippen MR) is 65.7 cm³/mol. The van der Waals surface area contributed by atoms with Crippen LogP contribution in [0.3, 0.4) is 0 Å². The Morgan fingerprint density at radius 1 is 1.50 bits per heavy atom. The molecule has 0 aliphatic carbocycles. The number of carboxylic acids is 1. The summed E-state index contributed by atoms with van der Waals surface area (Å²) >= 11 is 5.65. The Hall–Kier alpha value is -1.14. The minimum atomic E-state index is -3.70. The van der Waals surface area contributed by atoms with Gasteiger partial charge in [-0.15, -0.1) is 0 Å². The van der Waals surface area contributed by atoms with Crippen LogP contribution in [0, 0.1) is 11.7 Å². The van der Waals surface area contributed by atoms with Crippen molar-refractivity contribution in [3.8, 4) is 0 Å². The third kappa shape index (κ3) is 4.27. The number of carboxylic acid groups (broad SMARTS) is 1. The summed E-state index contributed by atoms with van der Waals surface area (Å²) < 4.78 is 36.8. The molecule has 7 heteroatoms. The Morgan fingerprint density at radius 3 is 2.67 bits per heavy atom. The van der Waals surface area contributed by atoms with Crippen LogP contribution in [0.5, 0.6) is 0 Å². The van der Waals surface area contributed by atoms with Crippen molar-refractivity contribution in [2.75, 3.05) is 5.75 Å². The van der Waals surface area contributed by atoms with Gasteiger partial charge in [0.15, 0.2) is 9.84 Å². The zero-order chi connectivity index (χ0) is 13.9. The first-order valence-electron chi connectivity index (χ1n) is 5.08. The number of hydrogen-bond acceptors (Lipinski definition) is 3. The first-order chi connectivity index (χ1) is 8.21. The Labute approximate surface area is 109 Å². The van der Waals surface area contributed by atoms with Crippen LogP contribution in [0.1, 0.15) is 12.5 Å². The van der Waals surface area contributed by atoms with E-state index >= 15 is 0 Å². The van der Waals surface area contributed by atoms with E-state index in [4.69, 9.17) is 16.7 Å². The van der Waals surface area contributed by atoms with Crippen molar-refractivity contribution in [3.05, 3.63) is 34.6 Å². The molecule has 4 nitrogen and oxygen atoms in total. The van der Waals surface area contributed by atoms with E-state index in [-0.39, 0.29) is 10.6 Å². The summed E-state index contributed by atoms with van der Waals surface area (Å²) in [5.74, 6) is -4.00. The number of carbonyl (C=O) groups is 1. The van der Waals surface area contributed by atoms with E-state index in [1.807, 2.05) is 0 Å². The fourth-order valence-corrected chi connectivity index (χ4v) is 3.31. The van der Waals surface area contributed by atoms with E-state index in [1.54, 1.807) is 0 Å². The second-order valence-corrected chi connectivity index (χ2v) is 6.58. The highest BCUT2D eigenvalue weighted by molar-refractivity contribution is 7.90. The topological polar surface area (TPSA) is 71.4 Å². The summed E-state index contributed by atoms with van der Waals surface area (Å²) in [5, 5.41) is 8.88. The summed E-state index contributed by atoms with van der Waals surface area (Å²) in [6, 6.07) is 3.61. The average Bonchev–Trinajstić information content (AvgIpc) is 2.22. The zero-order valence-corrected chi connectivity index (χ0v) is 11.1. The van der Waals surface area contributed by atoms with E-state index in [0.717, 1.165) is 6.07 Å². The third-order valence-electron chi connectivity index (χ3n) is 2.31. The molecule has 100 valence electrons. The second-order valence-electron chi connectivity index (χ2n) is 4.03. The van der Waals surface area contributed by atoms with Gasteiger partial charge in [0.1, 0.15) is 5.82 Å². The molecule has 0 fully saturated rings. The molecule has 0 spiro atoms. The molecule has 0 saturated heterocycles. The van der Waals surface area contributed by atoms with Crippen LogP contribution in [-0.2, 0) is 20.4 Å². The molecule has 1 unspecified atom stereocenters. The molecular weight excluding hydrogens is 283 g/mol. The Morgan fingerprint density at radius 2 is 2.11 bits per heavy atom. The van der Waals surface area contributed by atoms with Crippen molar-refractivity contribution in [1.29, 1.82) is 0 Å². The van der Waals surface area contributed by atoms with Gasteiger partial charge in [-0.25, -0.2) is 12.8 Å². The molecular formula is C11H12ClFO4S. The van der Waals surface area contributed by atoms with Crippen LogP contribution >= 0.6 is 11.6 Å². The number of halogens is 2. The average molecular weight is 295 g/mol. The molecule has 0 aliphatic rings. The van der Waals surface area contributed by atoms with Crippen molar-refractivity contribution < 1.29 is 22.7 Å². The maximum absolute atomic E-state index is 13.4. The Kier molecular flexibility index (Phi) is 4.70. The van der Waals surface area contributed by atoms with Crippen molar-refractivity contribution >= 4 is 27.4 Å². The standard InChI is InChI=1S/C11H12ClFO4S/c1-7(11(14)15)5-18(16,17)6-8-4-9(12)2-3-10(8)13/h2-4,7H,5-6H2,1H3,(H,14,15). The van der Waals surface area contributed by atoms with Crippen LogP contribution in [0.4, 0.5) is 4.39 Å². The summed E-state index contributed by atoms with van der Waals surface area (Å²) in [6.45, 7) is 1.29. The molecule has 0 bridgehead atoms. The lowest BCUT2D eigenvalue weighted by atomic mass is 10.2. The molecule has 1 aromatic carbocycles. The van der Waals surface area contributed by atoms with Gasteiger partial charge >= 0.3 is 5.97 Å². The first-order valence-corrected chi connectivity index (χ1v) is 7.28. The quantitative estimate of drug-likeness (QED) is 0.903. The maximum atomic E-state index is 13.4. The van der Waals surface area contributed by atoms with Gasteiger partial charge in [0.2, 0.25) is 0 Å². The minimum Gasteiger partial charge on any atom is -0.481 e. The summed E-state index contributed by atoms with van der Waals surface area (Å²) in [6.07, 6.45) is 0. The predicted octanol–water partition coefficient (Wildman–Crippen LogP) is 2.11. The lowest BCUT2D eigenvalue weighted by molar-refractivity contribution is -0.140. The lowest BCUT2D eigenvalue weighted by Gasteiger charge is -2.08. The van der Waals surface area contributed by atoms with Crippen LogP contribution < -0.4 is 0 Å². The van der Waals surface area contributed by atoms with Crippen LogP contribution in [-0.4, -0.2) is 25.2 Å². The van der Waals surface area contributed by atoms with Gasteiger partial charge in [-0.05, 0) is 18.2 Å². The molecule has 0 amide bonds. The highest BCUT2D eigenvalue weighted by Crippen LogP contribution is 2.18. The molecule has 1 N–H and O–H groups in total. The third-order valence-corrected chi connectivity index (χ3v) is 4.30. The molecule has 0 aromatic heterocycles. The van der Waals surface area contributed by atoms with Crippen molar-refractivity contribution in [1.82, 2.24) is 0 Å². The molecule has 0 saturated carbocycles. The van der Waals surface area contributed by atoms with Gasteiger partial charge in [0, 0.05) is 10.6 Å². The van der Waals surface area contributed by atoms with E-state index < -0.39 is 39.0 Å². The normalized spacial score (nSPS) is 13.3. The minimum absolute atomic E-state index is 0.0555. The molecule has 1 rings (SSSR count). The van der Waals surface area contributed by atoms with E-state index in [9.17, 15) is 17.6 Å². The van der Waals surface area contributed by atoms with Crippen molar-refractivity contribution in [2.24, 2.45) is 5.92 Å². The van der Waals surface area contributed by atoms with Crippen molar-refractivity contribution in [2.45, 2.75) is 12.7 Å². The van der Waals surface area contributed by atoms with E-state index in [0.29, 0.717) is 0 Å². The fourth-order valence-electron chi connectivity index (χ4n) is 1.40. The number of hydrogen-bond donors (Lipinski definition) is 1. The molecule has 1 aromatic rings. The van der Waals surface area contributed by atoms with Crippen LogP contribution in [0.2, 0.25) is 5.02 Å². The largest absolute Gasteiger partial charge is 0.481 e. The van der Waals surface area contributed by atoms with Crippen LogP contribution in [0.25, 0.3) is 0 Å². The monoisotopic (exact) mass is 294 g/mol. The smallest absolute Gasteiger partial charge is 0.307 e. The molecule has 0 aliphatic heterocycles. The van der Waals surface area contributed by atoms with E-state index in [2.05, 4.69) is 0 Å². The Balaban J connectivity index is 2.89. The summed E-state index contributed by atoms with van der Waals surface area (Å²) in [4.78, 5) is 10.6. The SMILES string of the molecule is CC(CS(=O)(=O)Cc1cc(Cl)ccc1F)C(=O)O. The summed E-state index contributed by atoms with van der Waals surface area (Å²) in [5.41, 5.74) is -0.0555. The number of benzene rings is 1. The zero-order valence-electron chi connectivity index (χ0n) is 9.56. The van der Waals surface area contributed by atoms with E-state index in [1.165, 1.54) is 19.1 Å². The highest BCUT2D eigenvalue weighted by atomic mass is 35.5. The van der Waals surface area contributed by atoms with Gasteiger partial charge in [-0.2, -0.15) is 0 Å². The fraction of sp³-hybridized carbons (Fsp3) is 0.364. The molecule has 0 heterocycles. The number of sulfone groups is 1. The molecule has 1 atom stereocenters. The maximum Gasteiger partial charge on any atom is 0.307 e. The highest BCUT2D eigenvalue weighted by Gasteiger charge is 2.22. The first kappa shape index (κ1) is 14.9.